The molecule has 2 aliphatic heterocycles. The monoisotopic (exact) mass is 633 g/mol. The average molecular weight is 634 g/mol. The maximum Gasteiger partial charge on any atom is 0.340 e. The molecule has 2 aromatic heterocycles. The lowest BCUT2D eigenvalue weighted by Crippen LogP contribution is -2.32. The molecule has 6 aromatic rings. The number of esters is 1. The molecule has 0 fully saturated rings. The summed E-state index contributed by atoms with van der Waals surface area (Å²) in [6, 6.07) is 34.0. The highest BCUT2D eigenvalue weighted by Gasteiger charge is 2.53. The van der Waals surface area contributed by atoms with Gasteiger partial charge in [-0.1, -0.05) is 42.5 Å². The molecule has 10 heteroatoms. The molecule has 0 aliphatic carbocycles. The summed E-state index contributed by atoms with van der Waals surface area (Å²) in [4.78, 5) is 24.4. The van der Waals surface area contributed by atoms with E-state index < -0.39 is 11.6 Å². The summed E-state index contributed by atoms with van der Waals surface area (Å²) in [7, 11) is 0. The zero-order valence-corrected chi connectivity index (χ0v) is 25.4. The molecule has 0 amide bonds. The van der Waals surface area contributed by atoms with E-state index in [9.17, 15) is 15.0 Å². The highest BCUT2D eigenvalue weighted by atomic mass is 16.6. The number of hydrogen-bond donors (Lipinski definition) is 2. The second-order valence-corrected chi connectivity index (χ2v) is 11.4. The fraction of sp³-hybridized carbons (Fsp3) is 0.0789. The van der Waals surface area contributed by atoms with Crippen LogP contribution in [0.2, 0.25) is 0 Å². The fourth-order valence-corrected chi connectivity index (χ4v) is 6.29. The van der Waals surface area contributed by atoms with Crippen LogP contribution in [0.15, 0.2) is 138 Å². The largest absolute Gasteiger partial charge is 0.508 e. The van der Waals surface area contributed by atoms with Crippen LogP contribution >= 0.6 is 0 Å². The lowest BCUT2D eigenvalue weighted by molar-refractivity contribution is 0.0224. The van der Waals surface area contributed by atoms with Gasteiger partial charge in [-0.2, -0.15) is 0 Å². The van der Waals surface area contributed by atoms with Crippen LogP contribution in [0.5, 0.6) is 23.0 Å². The third-order valence-electron chi connectivity index (χ3n) is 8.44. The SMILES string of the molecule is O=C1OC2(c3ccc(O)cc3Oc3cc(O)c(/N=N/c4ccccc4N(Cc4ccccn4)Cc4ccccn4)cc32)c2ccccc21. The number of phenols is 2. The zero-order chi connectivity index (χ0) is 32.7. The minimum Gasteiger partial charge on any atom is -0.508 e. The summed E-state index contributed by atoms with van der Waals surface area (Å²) < 4.78 is 12.4. The van der Waals surface area contributed by atoms with Crippen molar-refractivity contribution in [2.45, 2.75) is 18.7 Å². The van der Waals surface area contributed by atoms with E-state index >= 15 is 0 Å². The van der Waals surface area contributed by atoms with Gasteiger partial charge in [0.05, 0.1) is 41.3 Å². The van der Waals surface area contributed by atoms with Crippen molar-refractivity contribution in [2.75, 3.05) is 4.90 Å². The van der Waals surface area contributed by atoms with Gasteiger partial charge in [0.2, 0.25) is 0 Å². The first-order valence-electron chi connectivity index (χ1n) is 15.3. The number of carbonyl (C=O) groups is 1. The van der Waals surface area contributed by atoms with Crippen molar-refractivity contribution < 1.29 is 24.5 Å². The number of carbonyl (C=O) groups excluding carboxylic acids is 1. The van der Waals surface area contributed by atoms with Crippen molar-refractivity contribution >= 4 is 23.0 Å². The van der Waals surface area contributed by atoms with Crippen LogP contribution in [-0.4, -0.2) is 26.2 Å². The first-order chi connectivity index (χ1) is 23.5. The Morgan fingerprint density at radius 2 is 1.33 bits per heavy atom. The molecule has 1 unspecified atom stereocenters. The van der Waals surface area contributed by atoms with Gasteiger partial charge in [-0.05, 0) is 60.7 Å². The fourth-order valence-electron chi connectivity index (χ4n) is 6.29. The van der Waals surface area contributed by atoms with Gasteiger partial charge in [0, 0.05) is 35.7 Å². The van der Waals surface area contributed by atoms with Crippen LogP contribution in [-0.2, 0) is 23.4 Å². The smallest absolute Gasteiger partial charge is 0.340 e. The van der Waals surface area contributed by atoms with Gasteiger partial charge >= 0.3 is 5.97 Å². The maximum absolute atomic E-state index is 13.2. The number of aromatic hydroxyl groups is 2. The summed E-state index contributed by atoms with van der Waals surface area (Å²) in [5, 5.41) is 30.6. The van der Waals surface area contributed by atoms with Crippen molar-refractivity contribution in [2.24, 2.45) is 10.2 Å². The van der Waals surface area contributed by atoms with Crippen molar-refractivity contribution in [3.8, 4) is 23.0 Å². The molecule has 4 heterocycles. The predicted molar refractivity (Wildman–Crippen MR) is 177 cm³/mol. The Kier molecular flexibility index (Phi) is 7.02. The van der Waals surface area contributed by atoms with Gasteiger partial charge in [-0.3, -0.25) is 9.97 Å². The molecule has 234 valence electrons. The molecule has 2 N–H and O–H groups in total. The van der Waals surface area contributed by atoms with E-state index in [0.717, 1.165) is 17.1 Å². The summed E-state index contributed by atoms with van der Waals surface area (Å²) in [5.74, 6) is -0.144. The molecule has 48 heavy (non-hydrogen) atoms. The quantitative estimate of drug-likeness (QED) is 0.133. The van der Waals surface area contributed by atoms with Crippen LogP contribution in [0.1, 0.15) is 38.4 Å². The van der Waals surface area contributed by atoms with E-state index in [1.807, 2.05) is 72.8 Å². The Morgan fingerprint density at radius 3 is 2.08 bits per heavy atom. The Labute approximate surface area is 275 Å². The Bertz CT molecular complexity index is 2170. The average Bonchev–Trinajstić information content (AvgIpc) is 3.40. The normalized spacial score (nSPS) is 15.8. The van der Waals surface area contributed by atoms with Crippen LogP contribution in [0.4, 0.5) is 17.1 Å². The lowest BCUT2D eigenvalue weighted by Gasteiger charge is -2.36. The Morgan fingerprint density at radius 1 is 0.667 bits per heavy atom. The van der Waals surface area contributed by atoms with E-state index in [4.69, 9.17) is 9.47 Å². The number of azo groups is 1. The summed E-state index contributed by atoms with van der Waals surface area (Å²) in [6.45, 7) is 0.987. The van der Waals surface area contributed by atoms with Gasteiger partial charge in [0.1, 0.15) is 34.4 Å². The van der Waals surface area contributed by atoms with Crippen LogP contribution < -0.4 is 9.64 Å². The predicted octanol–water partition coefficient (Wildman–Crippen LogP) is 8.08. The van der Waals surface area contributed by atoms with Crippen molar-refractivity contribution in [3.05, 3.63) is 161 Å². The van der Waals surface area contributed by atoms with Crippen LogP contribution in [0.25, 0.3) is 0 Å². The number of para-hydroxylation sites is 1. The van der Waals surface area contributed by atoms with Gasteiger partial charge in [0.15, 0.2) is 5.60 Å². The first kappa shape index (κ1) is 28.9. The van der Waals surface area contributed by atoms with Crippen LogP contribution in [0.3, 0.4) is 0 Å². The van der Waals surface area contributed by atoms with Crippen molar-refractivity contribution in [3.63, 3.8) is 0 Å². The highest BCUT2D eigenvalue weighted by Crippen LogP contribution is 2.58. The number of anilines is 1. The summed E-state index contributed by atoms with van der Waals surface area (Å²) in [5.41, 5.74) is 3.87. The third kappa shape index (κ3) is 4.96. The molecule has 0 saturated carbocycles. The molecular formula is C38H27N5O5. The van der Waals surface area contributed by atoms with E-state index in [1.165, 1.54) is 18.2 Å². The first-order valence-corrected chi connectivity index (χ1v) is 15.3. The van der Waals surface area contributed by atoms with E-state index in [-0.39, 0.29) is 22.9 Å². The number of ether oxygens (including phenoxy) is 2. The molecule has 2 aliphatic rings. The Balaban J connectivity index is 1.22. The lowest BCUT2D eigenvalue weighted by atomic mass is 9.77. The molecule has 4 aromatic carbocycles. The van der Waals surface area contributed by atoms with Crippen LogP contribution in [0, 0.1) is 0 Å². The van der Waals surface area contributed by atoms with E-state index in [2.05, 4.69) is 25.1 Å². The molecule has 0 saturated heterocycles. The number of aromatic nitrogens is 2. The molecule has 0 bridgehead atoms. The van der Waals surface area contributed by atoms with E-state index in [1.54, 1.807) is 36.7 Å². The Hall–Kier alpha value is -6.55. The number of hydrogen-bond acceptors (Lipinski definition) is 10. The van der Waals surface area contributed by atoms with Gasteiger partial charge in [-0.25, -0.2) is 4.79 Å². The molecule has 10 nitrogen and oxygen atoms in total. The maximum atomic E-state index is 13.2. The number of nitrogens with zero attached hydrogens (tertiary/aromatic N) is 5. The molecular weight excluding hydrogens is 606 g/mol. The molecule has 0 radical (unpaired) electrons. The number of pyridine rings is 2. The number of rotatable bonds is 7. The zero-order valence-electron chi connectivity index (χ0n) is 25.4. The summed E-state index contributed by atoms with van der Waals surface area (Å²) in [6.07, 6.45) is 3.52. The molecule has 1 spiro atoms. The van der Waals surface area contributed by atoms with E-state index in [0.29, 0.717) is 46.8 Å². The number of benzene rings is 4. The second-order valence-electron chi connectivity index (χ2n) is 11.4. The minimum atomic E-state index is -1.40. The van der Waals surface area contributed by atoms with Gasteiger partial charge in [-0.15, -0.1) is 10.2 Å². The highest BCUT2D eigenvalue weighted by molar-refractivity contribution is 5.97. The standard InChI is InChI=1S/C38H27N5O5/c44-26-15-16-29-35(19-26)47-36-21-34(45)32(20-30(36)38(29)28-12-2-1-11-27(28)37(46)48-38)42-41-31-13-3-4-14-33(31)43(22-24-9-5-7-17-39-24)23-25-10-6-8-18-40-25/h1-21,44-45H,22-23H2/b42-41+. The summed E-state index contributed by atoms with van der Waals surface area (Å²) >= 11 is 0. The molecule has 8 rings (SSSR count). The van der Waals surface area contributed by atoms with Gasteiger partial charge < -0.3 is 24.6 Å². The second kappa shape index (κ2) is 11.7. The van der Waals surface area contributed by atoms with Crippen molar-refractivity contribution in [1.29, 1.82) is 0 Å². The number of fused-ring (bicyclic) bond motifs is 6. The topological polar surface area (TPSA) is 130 Å². The van der Waals surface area contributed by atoms with Crippen molar-refractivity contribution in [1.82, 2.24) is 9.97 Å². The van der Waals surface area contributed by atoms with Gasteiger partial charge in [0.25, 0.3) is 0 Å². The number of phenolic OH excluding ortho intramolecular Hbond substituents is 2. The third-order valence-corrected chi connectivity index (χ3v) is 8.44. The molecule has 1 atom stereocenters. The minimum absolute atomic E-state index is 0.0154.